The summed E-state index contributed by atoms with van der Waals surface area (Å²) in [6.45, 7) is 3.80. The van der Waals surface area contributed by atoms with Crippen LogP contribution in [0.2, 0.25) is 0 Å². The van der Waals surface area contributed by atoms with Crippen molar-refractivity contribution in [2.75, 3.05) is 6.54 Å². The summed E-state index contributed by atoms with van der Waals surface area (Å²) in [4.78, 5) is 4.30. The van der Waals surface area contributed by atoms with Gasteiger partial charge in [-0.15, -0.1) is 0 Å². The Morgan fingerprint density at radius 3 is 2.93 bits per heavy atom. The normalized spacial score (nSPS) is 9.87. The molecule has 0 fully saturated rings. The lowest BCUT2D eigenvalue weighted by Crippen LogP contribution is -2.15. The van der Waals surface area contributed by atoms with E-state index in [9.17, 15) is 0 Å². The molecule has 80 valence electrons. The predicted octanol–water partition coefficient (Wildman–Crippen LogP) is 2.17. The van der Waals surface area contributed by atoms with E-state index in [1.165, 1.54) is 5.56 Å². The summed E-state index contributed by atoms with van der Waals surface area (Å²) in [7, 11) is 0. The maximum atomic E-state index is 8.35. The van der Waals surface area contributed by atoms with Gasteiger partial charge in [-0.3, -0.25) is 4.98 Å². The first kappa shape index (κ1) is 11.7. The molecule has 0 spiro atoms. The molecule has 0 unspecified atom stereocenters. The summed E-state index contributed by atoms with van der Waals surface area (Å²) < 4.78 is 0. The maximum Gasteiger partial charge on any atom is 0.0621 e. The van der Waals surface area contributed by atoms with Gasteiger partial charge in [0.25, 0.3) is 0 Å². The maximum absolute atomic E-state index is 8.35. The SMILES string of the molecule is Cc1ccc(CNCCCCC#N)nc1. The minimum Gasteiger partial charge on any atom is -0.311 e. The van der Waals surface area contributed by atoms with Gasteiger partial charge in [0.2, 0.25) is 0 Å². The Morgan fingerprint density at radius 1 is 1.40 bits per heavy atom. The monoisotopic (exact) mass is 203 g/mol. The van der Waals surface area contributed by atoms with E-state index in [1.807, 2.05) is 19.2 Å². The summed E-state index contributed by atoms with van der Waals surface area (Å²) in [5, 5.41) is 11.7. The zero-order valence-corrected chi connectivity index (χ0v) is 9.16. The van der Waals surface area contributed by atoms with E-state index in [-0.39, 0.29) is 0 Å². The molecule has 0 aliphatic rings. The molecule has 0 saturated carbocycles. The van der Waals surface area contributed by atoms with Gasteiger partial charge in [-0.05, 0) is 37.9 Å². The van der Waals surface area contributed by atoms with Crippen molar-refractivity contribution in [2.45, 2.75) is 32.7 Å². The Bertz CT molecular complexity index is 311. The zero-order chi connectivity index (χ0) is 10.9. The van der Waals surface area contributed by atoms with Crippen LogP contribution in [0, 0.1) is 18.3 Å². The molecular weight excluding hydrogens is 186 g/mol. The van der Waals surface area contributed by atoms with Crippen molar-refractivity contribution in [3.05, 3.63) is 29.6 Å². The number of pyridine rings is 1. The molecule has 1 aromatic heterocycles. The Balaban J connectivity index is 2.10. The van der Waals surface area contributed by atoms with Crippen molar-refractivity contribution in [2.24, 2.45) is 0 Å². The van der Waals surface area contributed by atoms with Gasteiger partial charge in [-0.1, -0.05) is 6.07 Å². The van der Waals surface area contributed by atoms with Crippen LogP contribution in [0.25, 0.3) is 0 Å². The fraction of sp³-hybridized carbons (Fsp3) is 0.500. The molecular formula is C12H17N3. The number of aromatic nitrogens is 1. The molecule has 0 amide bonds. The third-order valence-electron chi connectivity index (χ3n) is 2.17. The van der Waals surface area contributed by atoms with Gasteiger partial charge in [-0.2, -0.15) is 5.26 Å². The standard InChI is InChI=1S/C12H17N3/c1-11-5-6-12(15-9-11)10-14-8-4-2-3-7-13/h5-6,9,14H,2-4,8,10H2,1H3. The Morgan fingerprint density at radius 2 is 2.27 bits per heavy atom. The van der Waals surface area contributed by atoms with Crippen LogP contribution in [0.15, 0.2) is 18.3 Å². The predicted molar refractivity (Wildman–Crippen MR) is 60.1 cm³/mol. The van der Waals surface area contributed by atoms with Crippen LogP contribution in [0.1, 0.15) is 30.5 Å². The number of unbranched alkanes of at least 4 members (excludes halogenated alkanes) is 2. The molecule has 0 saturated heterocycles. The minimum absolute atomic E-state index is 0.657. The molecule has 0 atom stereocenters. The number of hydrogen-bond acceptors (Lipinski definition) is 3. The molecule has 1 rings (SSSR count). The lowest BCUT2D eigenvalue weighted by Gasteiger charge is -2.03. The number of nitrogens with one attached hydrogen (secondary N) is 1. The average molecular weight is 203 g/mol. The first-order valence-electron chi connectivity index (χ1n) is 5.32. The number of nitrogens with zero attached hydrogens (tertiary/aromatic N) is 2. The van der Waals surface area contributed by atoms with Gasteiger partial charge in [0, 0.05) is 19.2 Å². The van der Waals surface area contributed by atoms with E-state index in [0.717, 1.165) is 31.6 Å². The first-order chi connectivity index (χ1) is 7.33. The molecule has 1 heterocycles. The summed E-state index contributed by atoms with van der Waals surface area (Å²) in [6.07, 6.45) is 4.57. The summed E-state index contributed by atoms with van der Waals surface area (Å²) in [6, 6.07) is 6.25. The molecule has 1 aromatic rings. The van der Waals surface area contributed by atoms with Gasteiger partial charge in [0.1, 0.15) is 0 Å². The van der Waals surface area contributed by atoms with Crippen LogP contribution >= 0.6 is 0 Å². The van der Waals surface area contributed by atoms with Crippen molar-refractivity contribution in [1.29, 1.82) is 5.26 Å². The second-order valence-corrected chi connectivity index (χ2v) is 3.62. The van der Waals surface area contributed by atoms with Gasteiger partial charge in [0.05, 0.1) is 11.8 Å². The van der Waals surface area contributed by atoms with Crippen LogP contribution in [0.4, 0.5) is 0 Å². The second kappa shape index (κ2) is 6.97. The van der Waals surface area contributed by atoms with Gasteiger partial charge in [0.15, 0.2) is 0 Å². The summed E-state index contributed by atoms with van der Waals surface area (Å²) in [5.41, 5.74) is 2.26. The Kier molecular flexibility index (Phi) is 5.42. The average Bonchev–Trinajstić information content (AvgIpc) is 2.26. The smallest absolute Gasteiger partial charge is 0.0621 e. The van der Waals surface area contributed by atoms with Crippen LogP contribution in [-0.2, 0) is 6.54 Å². The number of aryl methyl sites for hydroxylation is 1. The van der Waals surface area contributed by atoms with Gasteiger partial charge >= 0.3 is 0 Å². The Hall–Kier alpha value is -1.40. The first-order valence-corrected chi connectivity index (χ1v) is 5.32. The van der Waals surface area contributed by atoms with E-state index in [4.69, 9.17) is 5.26 Å². The van der Waals surface area contributed by atoms with Crippen molar-refractivity contribution in [3.8, 4) is 6.07 Å². The molecule has 0 aromatic carbocycles. The molecule has 3 heteroatoms. The van der Waals surface area contributed by atoms with E-state index in [2.05, 4.69) is 22.4 Å². The van der Waals surface area contributed by atoms with Crippen LogP contribution in [0.3, 0.4) is 0 Å². The fourth-order valence-corrected chi connectivity index (χ4v) is 1.27. The molecule has 1 N–H and O–H groups in total. The lowest BCUT2D eigenvalue weighted by atomic mass is 10.2. The number of hydrogen-bond donors (Lipinski definition) is 1. The minimum atomic E-state index is 0.657. The third kappa shape index (κ3) is 5.14. The Labute approximate surface area is 91.1 Å². The highest BCUT2D eigenvalue weighted by Crippen LogP contribution is 1.98. The molecule has 3 nitrogen and oxygen atoms in total. The van der Waals surface area contributed by atoms with E-state index in [0.29, 0.717) is 6.42 Å². The lowest BCUT2D eigenvalue weighted by molar-refractivity contribution is 0.621. The van der Waals surface area contributed by atoms with Crippen molar-refractivity contribution < 1.29 is 0 Å². The molecule has 0 aliphatic heterocycles. The molecule has 15 heavy (non-hydrogen) atoms. The number of rotatable bonds is 6. The van der Waals surface area contributed by atoms with Crippen LogP contribution in [0.5, 0.6) is 0 Å². The topological polar surface area (TPSA) is 48.7 Å². The van der Waals surface area contributed by atoms with Crippen molar-refractivity contribution in [1.82, 2.24) is 10.3 Å². The largest absolute Gasteiger partial charge is 0.311 e. The van der Waals surface area contributed by atoms with Crippen LogP contribution < -0.4 is 5.32 Å². The molecule has 0 aliphatic carbocycles. The highest BCUT2D eigenvalue weighted by Gasteiger charge is 1.93. The molecule has 0 bridgehead atoms. The van der Waals surface area contributed by atoms with Gasteiger partial charge in [-0.25, -0.2) is 0 Å². The third-order valence-corrected chi connectivity index (χ3v) is 2.17. The highest BCUT2D eigenvalue weighted by atomic mass is 14.9. The quantitative estimate of drug-likeness (QED) is 0.721. The van der Waals surface area contributed by atoms with E-state index < -0.39 is 0 Å². The summed E-state index contributed by atoms with van der Waals surface area (Å²) >= 11 is 0. The fourth-order valence-electron chi connectivity index (χ4n) is 1.27. The van der Waals surface area contributed by atoms with Gasteiger partial charge < -0.3 is 5.32 Å². The zero-order valence-electron chi connectivity index (χ0n) is 9.16. The van der Waals surface area contributed by atoms with E-state index >= 15 is 0 Å². The van der Waals surface area contributed by atoms with Crippen molar-refractivity contribution in [3.63, 3.8) is 0 Å². The highest BCUT2D eigenvalue weighted by molar-refractivity contribution is 5.11. The van der Waals surface area contributed by atoms with Crippen LogP contribution in [-0.4, -0.2) is 11.5 Å². The van der Waals surface area contributed by atoms with Crippen molar-refractivity contribution >= 4 is 0 Å². The second-order valence-electron chi connectivity index (χ2n) is 3.62. The molecule has 0 radical (unpaired) electrons. The van der Waals surface area contributed by atoms with E-state index in [1.54, 1.807) is 0 Å². The summed E-state index contributed by atoms with van der Waals surface area (Å²) in [5.74, 6) is 0. The number of nitriles is 1.